The summed E-state index contributed by atoms with van der Waals surface area (Å²) in [7, 11) is -2.97. The zero-order chi connectivity index (χ0) is 87.7. The second-order valence-electron chi connectivity index (χ2n) is 23.3. The number of thiol groups is 1. The van der Waals surface area contributed by atoms with Gasteiger partial charge in [0.25, 0.3) is 6.04 Å². The number of esters is 2. The lowest BCUT2D eigenvalue weighted by Gasteiger charge is -2.26. The largest absolute Gasteiger partial charge is 1.00 e. The van der Waals surface area contributed by atoms with Crippen molar-refractivity contribution in [3.8, 4) is 12.3 Å². The molecule has 53 heteroatoms. The Morgan fingerprint density at radius 2 is 1.28 bits per heavy atom. The second-order valence-corrected chi connectivity index (χ2v) is 36.1. The van der Waals surface area contributed by atoms with Gasteiger partial charge in [0.15, 0.2) is 52.0 Å². The first-order valence-electron chi connectivity index (χ1n) is 35.3. The number of ether oxygens (including phenoxy) is 2. The standard InChI is InChI=1S/C9H12N2O2S.C7H8N2O3S.C7H10N2OS.C7H8N2OS.C5H10ClNO2S.C5H8N2O3S.C5H7N2O2S.C5H11NO3S.C5H9NO2S.C5H6O2.C3H7NO2S.C2H5BrO.CH4.ClH/c1-2-13-9(12)8-5-7-6-14-4-3-11(7)10-8;10-4-6-3-7-5-13(11,12)2-1-9(7)8-6;2*10-4-6-3-7-5-11-2-1-9(7)8-6;6-1-2-10-3-4(7)5(8)9;8-5(9)4-3-11-2-1-7(4)6-10;8-5-4-3-10-2-1-7(4)6-9-5;6-4(5(8)9)3-10-2-1-7;7-5(8)4-3-9-2-1-6-4;1-3-5(6)7-4-2;4-2(1-7)3(5)6;3-1-2-4;;/h5H,2-4,6H2,1H3;3-4H,1-2,5H2;3,10H,1-2,4-5H2;3-4H,1-2,5H2;4H,1-3,7H2,(H,8,9);4H,1-3H2,(H,8,9);4H,1-3H2;4,7H,1-3,6H2,(H,8,9);4,6H,1-3H2,(H,7,8);1H,4H2,2H3;2,7H,1,4H2,(H,5,6);4H,1-2H2;1H4;1H/q;;;;;;+1;;;;;;;/t;;;;2*4-;;2*4-;;2-;;;/m....00.00.0.../s1. The molecule has 1 unspecified atom stereocenters. The molecule has 119 heavy (non-hydrogen) atoms. The first-order chi connectivity index (χ1) is 55.9. The quantitative estimate of drug-likeness (QED) is 0.00505. The van der Waals surface area contributed by atoms with Crippen LogP contribution in [-0.2, 0) is 114 Å². The zero-order valence-electron chi connectivity index (χ0n) is 64.4. The fourth-order valence-electron chi connectivity index (χ4n) is 8.77. The fraction of sp³-hybridized carbons (Fsp3) is 0.636. The molecule has 4 aromatic heterocycles. The number of terminal acetylenes is 1. The van der Waals surface area contributed by atoms with Crippen LogP contribution in [0, 0.1) is 17.3 Å². The van der Waals surface area contributed by atoms with E-state index in [4.69, 9.17) is 68.7 Å². The molecule has 8 aliphatic heterocycles. The van der Waals surface area contributed by atoms with Crippen molar-refractivity contribution in [3.05, 3.63) is 74.7 Å². The summed E-state index contributed by atoms with van der Waals surface area (Å²) in [5.74, 6) is 10.3. The number of aryl methyl sites for hydroxylation is 4. The number of hydrogen-bond acceptors (Lipinski definition) is 37. The minimum absolute atomic E-state index is 0. The summed E-state index contributed by atoms with van der Waals surface area (Å²) < 4.78 is 40.7. The molecule has 3 saturated heterocycles. The van der Waals surface area contributed by atoms with Gasteiger partial charge in [0.1, 0.15) is 29.5 Å². The predicted molar refractivity (Wildman–Crippen MR) is 465 cm³/mol. The van der Waals surface area contributed by atoms with Crippen LogP contribution in [0.15, 0.2) is 34.8 Å². The number of carboxylic acid groups (broad SMARTS) is 5. The topological polar surface area (TPSA) is 605 Å². The highest BCUT2D eigenvalue weighted by atomic mass is 79.9. The number of fused-ring (bicyclic) bond motifs is 5. The van der Waals surface area contributed by atoms with Gasteiger partial charge in [-0.25, -0.2) is 37.4 Å². The average molecular weight is 1980 g/mol. The lowest BCUT2D eigenvalue weighted by Crippen LogP contribution is -3.00. The number of halogens is 3. The molecule has 0 aromatic carbocycles. The number of rotatable bonds is 22. The van der Waals surface area contributed by atoms with E-state index in [0.717, 1.165) is 119 Å². The Morgan fingerprint density at radius 3 is 1.70 bits per heavy atom. The molecule has 0 bridgehead atoms. The molecule has 8 aliphatic rings. The van der Waals surface area contributed by atoms with E-state index in [2.05, 4.69) is 86.6 Å². The van der Waals surface area contributed by atoms with Gasteiger partial charge < -0.3 is 85.3 Å². The lowest BCUT2D eigenvalue weighted by atomic mass is 10.3. The number of nitrogens with two attached hydrogens (primary N) is 2. The molecule has 3 fully saturated rings. The number of aromatic nitrogens is 8. The van der Waals surface area contributed by atoms with E-state index >= 15 is 0 Å². The van der Waals surface area contributed by atoms with E-state index in [1.807, 2.05) is 67.5 Å². The average Bonchev–Trinajstić information content (AvgIpc) is 1.70. The number of sulfone groups is 1. The van der Waals surface area contributed by atoms with Crippen molar-refractivity contribution in [1.82, 2.24) is 49.4 Å². The van der Waals surface area contributed by atoms with Gasteiger partial charge >= 0.3 is 47.8 Å². The normalized spacial score (nSPS) is 17.5. The van der Waals surface area contributed by atoms with Gasteiger partial charge in [-0.2, -0.15) is 115 Å². The molecule has 0 radical (unpaired) electrons. The van der Waals surface area contributed by atoms with Crippen LogP contribution in [0.3, 0.4) is 0 Å². The zero-order valence-corrected chi connectivity index (χ0v) is 75.8. The van der Waals surface area contributed by atoms with Crippen molar-refractivity contribution in [2.45, 2.75) is 113 Å². The summed E-state index contributed by atoms with van der Waals surface area (Å²) >= 11 is 25.5. The van der Waals surface area contributed by atoms with Gasteiger partial charge in [-0.1, -0.05) is 28.1 Å². The molecule has 0 saturated carbocycles. The molecular weight excluding hydrogens is 1870 g/mol. The van der Waals surface area contributed by atoms with Crippen molar-refractivity contribution in [2.24, 2.45) is 22.0 Å². The van der Waals surface area contributed by atoms with Crippen molar-refractivity contribution in [1.29, 1.82) is 0 Å². The molecule has 40 nitrogen and oxygen atoms in total. The minimum Gasteiger partial charge on any atom is -1.00 e. The number of nitrogens with one attached hydrogen (secondary N) is 1. The van der Waals surface area contributed by atoms with Crippen LogP contribution in [0.1, 0.15) is 81.2 Å². The highest BCUT2D eigenvalue weighted by molar-refractivity contribution is 9.09. The van der Waals surface area contributed by atoms with Gasteiger partial charge in [0, 0.05) is 128 Å². The molecule has 12 rings (SSSR count). The number of thioether (sulfide) groups is 8. The molecule has 6 atom stereocenters. The Balaban J connectivity index is 0. The first kappa shape index (κ1) is 115. The molecule has 16 N–H and O–H groups in total. The molecular formula is C66H106BrCl2N16O24S10+. The van der Waals surface area contributed by atoms with E-state index < -0.39 is 69.8 Å². The third-order valence-corrected chi connectivity index (χ3v) is 25.5. The number of hydrogen-bond donors (Lipinski definition) is 13. The second kappa shape index (κ2) is 68.8. The summed E-state index contributed by atoms with van der Waals surface area (Å²) in [5, 5.41) is 94.0. The third kappa shape index (κ3) is 49.5. The lowest BCUT2D eigenvalue weighted by molar-refractivity contribution is -0.610. The van der Waals surface area contributed by atoms with Gasteiger partial charge in [0.2, 0.25) is 0 Å². The predicted octanol–water partition coefficient (Wildman–Crippen LogP) is -1.22. The monoisotopic (exact) mass is 1980 g/mol. The Hall–Kier alpha value is -5.62. The molecule has 0 amide bonds. The number of aliphatic hydroxyl groups excluding tert-OH is 3. The van der Waals surface area contributed by atoms with E-state index in [9.17, 15) is 61.3 Å². The maximum absolute atomic E-state index is 11.4. The number of alkyl halides is 2. The number of quaternary nitrogens is 1. The maximum atomic E-state index is 11.4. The van der Waals surface area contributed by atoms with E-state index in [1.54, 1.807) is 52.7 Å². The minimum atomic E-state index is -2.97. The van der Waals surface area contributed by atoms with Gasteiger partial charge in [-0.15, -0.1) is 34.7 Å². The third-order valence-electron chi connectivity index (χ3n) is 14.6. The summed E-state index contributed by atoms with van der Waals surface area (Å²) in [6, 6.07) is 3.90. The van der Waals surface area contributed by atoms with Crippen molar-refractivity contribution >= 4 is 204 Å². The number of aliphatic carboxylic acids is 5. The first-order valence-corrected chi connectivity index (χ1v) is 48.6. The van der Waals surface area contributed by atoms with Crippen molar-refractivity contribution in [2.75, 3.05) is 144 Å². The summed E-state index contributed by atoms with van der Waals surface area (Å²) in [6.45, 7) is 9.87. The summed E-state index contributed by atoms with van der Waals surface area (Å²) in [5.41, 5.74) is 19.8. The number of nitrogens with zero attached hydrogens (tertiary/aromatic N) is 12. The Kier molecular flexibility index (Phi) is 66.7. The molecule has 12 heterocycles. The number of carbonyl (C=O) groups is 10. The summed E-state index contributed by atoms with van der Waals surface area (Å²) in [4.78, 5) is 118. The highest BCUT2D eigenvalue weighted by Gasteiger charge is 2.42. The van der Waals surface area contributed by atoms with Gasteiger partial charge in [0.05, 0.1) is 105 Å². The van der Waals surface area contributed by atoms with Crippen LogP contribution in [0.25, 0.3) is 0 Å². The Morgan fingerprint density at radius 1 is 0.748 bits per heavy atom. The number of carboxylic acids is 5. The van der Waals surface area contributed by atoms with Crippen LogP contribution in [0.2, 0.25) is 0 Å². The molecule has 674 valence electrons. The van der Waals surface area contributed by atoms with Gasteiger partial charge in [-0.3, -0.25) is 47.5 Å². The Bertz CT molecular complexity index is 3770. The Labute approximate surface area is 748 Å². The van der Waals surface area contributed by atoms with Crippen LogP contribution in [0.4, 0.5) is 0 Å². The molecule has 4 aromatic rings. The van der Waals surface area contributed by atoms with E-state index in [0.29, 0.717) is 95.3 Å². The fourth-order valence-corrected chi connectivity index (χ4v) is 17.5. The number of aldehydes is 2. The van der Waals surface area contributed by atoms with Crippen LogP contribution < -0.4 is 34.9 Å². The highest BCUT2D eigenvalue weighted by Crippen LogP contribution is 2.23. The number of carbonyl (C=O) groups excluding carboxylic acids is 5. The van der Waals surface area contributed by atoms with E-state index in [-0.39, 0.29) is 80.9 Å². The summed E-state index contributed by atoms with van der Waals surface area (Å²) in [6.07, 6.45) is 6.06. The molecule has 0 aliphatic carbocycles. The van der Waals surface area contributed by atoms with E-state index in [1.165, 1.54) is 52.7 Å². The SMILES string of the molecule is C.C#CC(=O)OCC.CCOC(=O)c1cc2n(n1)CCSC2.N[C@@H](CS)C(=O)O.N[C@@H](CSCCO)C(=O)O.O=C(O)[C@@H]1CSCCN1.O=C1ON=[N+]2CCSCC12.O=Cc1cc2n(n1)CCS(=O)(=O)C2.O=Cc1cc2n(n1)CCSC2.O=NN1CCSC[C@H]1C(=O)O.OCCBr.OCc1cc2n(n1)CCSC2.[Cl-].[NH3+][C@@H](CSCCCl)C(=O)O. The number of nitroso groups, excluding NO2 is 1. The van der Waals surface area contributed by atoms with Crippen molar-refractivity contribution < 1.29 is 134 Å². The van der Waals surface area contributed by atoms with Crippen molar-refractivity contribution in [3.63, 3.8) is 0 Å². The van der Waals surface area contributed by atoms with Crippen LogP contribution >= 0.6 is 134 Å². The smallest absolute Gasteiger partial charge is 0.411 e. The molecule has 0 spiro atoms. The maximum Gasteiger partial charge on any atom is 0.411 e. The van der Waals surface area contributed by atoms with Crippen LogP contribution in [0.5, 0.6) is 0 Å². The van der Waals surface area contributed by atoms with Crippen LogP contribution in [-0.4, -0.2) is 338 Å². The van der Waals surface area contributed by atoms with Gasteiger partial charge in [-0.05, 0) is 38.1 Å². The number of aliphatic hydroxyl groups is 3.